The molecule has 0 heterocycles. The molecule has 0 saturated carbocycles. The number of para-hydroxylation sites is 1. The summed E-state index contributed by atoms with van der Waals surface area (Å²) in [6, 6.07) is 13.1. The molecule has 7 nitrogen and oxygen atoms in total. The van der Waals surface area contributed by atoms with E-state index < -0.39 is 6.10 Å². The lowest BCUT2D eigenvalue weighted by Crippen LogP contribution is -2.39. The van der Waals surface area contributed by atoms with Crippen LogP contribution < -0.4 is 24.8 Å². The highest BCUT2D eigenvalue weighted by Gasteiger charge is 2.15. The Kier molecular flexibility index (Phi) is 12.5. The second kappa shape index (κ2) is 14.5. The van der Waals surface area contributed by atoms with Crippen LogP contribution in [0.25, 0.3) is 0 Å². The normalized spacial score (nSPS) is 11.7. The molecule has 0 spiro atoms. The Morgan fingerprint density at radius 2 is 1.90 bits per heavy atom. The van der Waals surface area contributed by atoms with Crippen LogP contribution in [-0.4, -0.2) is 45.0 Å². The lowest BCUT2D eigenvalue weighted by atomic mass is 10.1. The fraction of sp³-hybridized carbons (Fsp3) is 0.348. The van der Waals surface area contributed by atoms with E-state index in [9.17, 15) is 5.11 Å². The van der Waals surface area contributed by atoms with Gasteiger partial charge in [-0.15, -0.1) is 24.0 Å². The molecule has 170 valence electrons. The molecule has 0 fully saturated rings. The largest absolute Gasteiger partial charge is 0.497 e. The van der Waals surface area contributed by atoms with Crippen LogP contribution >= 0.6 is 24.0 Å². The first kappa shape index (κ1) is 26.6. The van der Waals surface area contributed by atoms with Gasteiger partial charge < -0.3 is 30.0 Å². The number of ether oxygens (including phenoxy) is 3. The van der Waals surface area contributed by atoms with Crippen LogP contribution in [0.4, 0.5) is 0 Å². The Labute approximate surface area is 201 Å². The Balaban J connectivity index is 0.00000480. The van der Waals surface area contributed by atoms with Crippen molar-refractivity contribution < 1.29 is 19.3 Å². The number of benzene rings is 2. The summed E-state index contributed by atoms with van der Waals surface area (Å²) in [6.45, 7) is 7.48. The highest BCUT2D eigenvalue weighted by atomic mass is 127. The van der Waals surface area contributed by atoms with Gasteiger partial charge in [0.1, 0.15) is 23.9 Å². The number of aliphatic hydroxyl groups excluding tert-OH is 1. The predicted molar refractivity (Wildman–Crippen MR) is 135 cm³/mol. The number of nitrogens with one attached hydrogen (secondary N) is 2. The zero-order valence-electron chi connectivity index (χ0n) is 18.3. The zero-order valence-corrected chi connectivity index (χ0v) is 20.6. The first-order chi connectivity index (χ1) is 14.6. The van der Waals surface area contributed by atoms with Crippen molar-refractivity contribution in [1.29, 1.82) is 0 Å². The summed E-state index contributed by atoms with van der Waals surface area (Å²) in [5.41, 5.74) is 1.61. The summed E-state index contributed by atoms with van der Waals surface area (Å²) in [7, 11) is 3.16. The van der Waals surface area contributed by atoms with Gasteiger partial charge in [-0.2, -0.15) is 0 Å². The van der Waals surface area contributed by atoms with Gasteiger partial charge in [-0.3, -0.25) is 0 Å². The van der Waals surface area contributed by atoms with Gasteiger partial charge in [-0.05, 0) is 31.2 Å². The lowest BCUT2D eigenvalue weighted by Gasteiger charge is -2.18. The Morgan fingerprint density at radius 1 is 1.13 bits per heavy atom. The monoisotopic (exact) mass is 541 g/mol. The summed E-state index contributed by atoms with van der Waals surface area (Å²) in [6.07, 6.45) is 0.905. The van der Waals surface area contributed by atoms with Crippen LogP contribution in [-0.2, 0) is 6.54 Å². The van der Waals surface area contributed by atoms with E-state index in [1.807, 2.05) is 31.2 Å². The summed E-state index contributed by atoms with van der Waals surface area (Å²) >= 11 is 0. The average Bonchev–Trinajstić information content (AvgIpc) is 2.79. The first-order valence-corrected chi connectivity index (χ1v) is 9.86. The highest BCUT2D eigenvalue weighted by Crippen LogP contribution is 2.29. The van der Waals surface area contributed by atoms with E-state index in [1.165, 1.54) is 0 Å². The molecule has 2 aromatic rings. The van der Waals surface area contributed by atoms with Crippen molar-refractivity contribution in [1.82, 2.24) is 10.6 Å². The third-order valence-corrected chi connectivity index (χ3v) is 4.34. The molecule has 31 heavy (non-hydrogen) atoms. The minimum Gasteiger partial charge on any atom is -0.497 e. The second-order valence-corrected chi connectivity index (χ2v) is 6.41. The van der Waals surface area contributed by atoms with Crippen molar-refractivity contribution in [3.05, 3.63) is 66.2 Å². The predicted octanol–water partition coefficient (Wildman–Crippen LogP) is 3.68. The van der Waals surface area contributed by atoms with E-state index >= 15 is 0 Å². The summed E-state index contributed by atoms with van der Waals surface area (Å²) in [5, 5.41) is 17.1. The van der Waals surface area contributed by atoms with Crippen LogP contribution in [0.3, 0.4) is 0 Å². The van der Waals surface area contributed by atoms with E-state index in [0.717, 1.165) is 11.3 Å². The number of methoxy groups -OCH3 is 2. The number of nitrogens with zero attached hydrogens (tertiary/aromatic N) is 1. The summed E-state index contributed by atoms with van der Waals surface area (Å²) < 4.78 is 16.3. The fourth-order valence-corrected chi connectivity index (χ4v) is 2.83. The SMILES string of the molecule is C=CCOc1ccccc1CN=C(NCC)NCC(O)c1cc(OC)ccc1OC.I. The van der Waals surface area contributed by atoms with Crippen molar-refractivity contribution in [2.24, 2.45) is 4.99 Å². The number of guanidine groups is 1. The van der Waals surface area contributed by atoms with Gasteiger partial charge in [0.2, 0.25) is 0 Å². The van der Waals surface area contributed by atoms with Crippen LogP contribution in [0, 0.1) is 0 Å². The number of hydrogen-bond acceptors (Lipinski definition) is 5. The second-order valence-electron chi connectivity index (χ2n) is 6.41. The summed E-state index contributed by atoms with van der Waals surface area (Å²) in [5.74, 6) is 2.62. The van der Waals surface area contributed by atoms with Crippen LogP contribution in [0.15, 0.2) is 60.1 Å². The van der Waals surface area contributed by atoms with E-state index in [0.29, 0.717) is 42.7 Å². The molecular formula is C23H32IN3O4. The molecule has 8 heteroatoms. The Bertz CT molecular complexity index is 845. The maximum absolute atomic E-state index is 10.7. The number of halogens is 1. The summed E-state index contributed by atoms with van der Waals surface area (Å²) in [4.78, 5) is 4.62. The van der Waals surface area contributed by atoms with E-state index in [4.69, 9.17) is 14.2 Å². The molecule has 0 radical (unpaired) electrons. The van der Waals surface area contributed by atoms with Gasteiger partial charge >= 0.3 is 0 Å². The van der Waals surface area contributed by atoms with E-state index in [2.05, 4.69) is 22.2 Å². The Hall–Kier alpha value is -2.46. The zero-order chi connectivity index (χ0) is 21.8. The van der Waals surface area contributed by atoms with Crippen LogP contribution in [0.1, 0.15) is 24.2 Å². The van der Waals surface area contributed by atoms with Gasteiger partial charge in [0.05, 0.1) is 26.9 Å². The third kappa shape index (κ3) is 8.29. The molecule has 2 aromatic carbocycles. The number of hydrogen-bond donors (Lipinski definition) is 3. The molecule has 2 rings (SSSR count). The molecule has 0 aliphatic heterocycles. The van der Waals surface area contributed by atoms with Crippen molar-refractivity contribution in [3.8, 4) is 17.2 Å². The van der Waals surface area contributed by atoms with Gasteiger partial charge in [0.25, 0.3) is 0 Å². The van der Waals surface area contributed by atoms with Crippen molar-refractivity contribution in [2.75, 3.05) is 33.9 Å². The number of aliphatic hydroxyl groups is 1. The molecule has 0 bridgehead atoms. The molecule has 0 saturated heterocycles. The topological polar surface area (TPSA) is 84.3 Å². The van der Waals surface area contributed by atoms with Gasteiger partial charge in [0.15, 0.2) is 5.96 Å². The average molecular weight is 541 g/mol. The van der Waals surface area contributed by atoms with Crippen LogP contribution in [0.5, 0.6) is 17.2 Å². The van der Waals surface area contributed by atoms with Crippen molar-refractivity contribution >= 4 is 29.9 Å². The molecule has 3 N–H and O–H groups in total. The van der Waals surface area contributed by atoms with E-state index in [1.54, 1.807) is 38.5 Å². The maximum Gasteiger partial charge on any atom is 0.191 e. The smallest absolute Gasteiger partial charge is 0.191 e. The first-order valence-electron chi connectivity index (χ1n) is 9.86. The van der Waals surface area contributed by atoms with Crippen molar-refractivity contribution in [3.63, 3.8) is 0 Å². The lowest BCUT2D eigenvalue weighted by molar-refractivity contribution is 0.176. The van der Waals surface area contributed by atoms with Crippen molar-refractivity contribution in [2.45, 2.75) is 19.6 Å². The molecule has 0 aliphatic rings. The van der Waals surface area contributed by atoms with E-state index in [-0.39, 0.29) is 30.5 Å². The molecular weight excluding hydrogens is 509 g/mol. The molecule has 0 aliphatic carbocycles. The molecule has 1 atom stereocenters. The Morgan fingerprint density at radius 3 is 2.58 bits per heavy atom. The van der Waals surface area contributed by atoms with Gasteiger partial charge in [-0.25, -0.2) is 4.99 Å². The third-order valence-electron chi connectivity index (χ3n) is 4.34. The minimum atomic E-state index is -0.804. The van der Waals surface area contributed by atoms with Gasteiger partial charge in [-0.1, -0.05) is 30.9 Å². The quantitative estimate of drug-likeness (QED) is 0.174. The van der Waals surface area contributed by atoms with Crippen LogP contribution in [0.2, 0.25) is 0 Å². The highest BCUT2D eigenvalue weighted by molar-refractivity contribution is 14.0. The fourth-order valence-electron chi connectivity index (χ4n) is 2.83. The molecule has 0 amide bonds. The van der Waals surface area contributed by atoms with Gasteiger partial charge in [0, 0.05) is 24.2 Å². The maximum atomic E-state index is 10.7. The molecule has 1 unspecified atom stereocenters. The minimum absolute atomic E-state index is 0. The molecule has 0 aromatic heterocycles. The number of aliphatic imine (C=N–C) groups is 1. The standard InChI is InChI=1S/C23H31N3O4.HI/c1-5-13-30-21-10-8-7-9-17(21)15-25-23(24-6-2)26-16-20(27)19-14-18(28-3)11-12-22(19)29-4;/h5,7-12,14,20,27H,1,6,13,15-16H2,2-4H3,(H2,24,25,26);1H. The number of rotatable bonds is 11.